The fourth-order valence-electron chi connectivity index (χ4n) is 1.59. The molecule has 1 unspecified atom stereocenters. The van der Waals surface area contributed by atoms with Gasteiger partial charge in [0, 0.05) is 5.38 Å². The van der Waals surface area contributed by atoms with E-state index in [0.717, 1.165) is 23.1 Å². The van der Waals surface area contributed by atoms with Gasteiger partial charge in [0.25, 0.3) is 5.56 Å². The van der Waals surface area contributed by atoms with Gasteiger partial charge in [-0.3, -0.25) is 9.59 Å². The number of carbonyl (C=O) groups is 2. The number of H-pyrrole nitrogens is 1. The van der Waals surface area contributed by atoms with E-state index in [0.29, 0.717) is 6.42 Å². The monoisotopic (exact) mass is 314 g/mol. The first-order valence-corrected chi connectivity index (χ1v) is 7.34. The molecule has 2 heterocycles. The standard InChI is InChI=1S/C11H10N2O5S2/c1-2-5(10(17)18)20-11-12-7(14)6-4(9(15)16)3-19-8(6)13-11/h3,5H,2H2,1H3,(H,15,16)(H,17,18)(H,12,13,14). The highest BCUT2D eigenvalue weighted by molar-refractivity contribution is 8.00. The summed E-state index contributed by atoms with van der Waals surface area (Å²) in [6.45, 7) is 1.72. The van der Waals surface area contributed by atoms with Crippen LogP contribution in [0.25, 0.3) is 10.2 Å². The summed E-state index contributed by atoms with van der Waals surface area (Å²) in [5.74, 6) is -2.18. The molecule has 9 heteroatoms. The molecule has 0 aliphatic rings. The Bertz CT molecular complexity index is 736. The Kier molecular flexibility index (Phi) is 4.09. The van der Waals surface area contributed by atoms with Crippen LogP contribution in [0.5, 0.6) is 0 Å². The van der Waals surface area contributed by atoms with Crippen LogP contribution in [0.4, 0.5) is 0 Å². The molecule has 0 saturated carbocycles. The molecule has 0 amide bonds. The van der Waals surface area contributed by atoms with E-state index in [9.17, 15) is 14.4 Å². The molecule has 106 valence electrons. The van der Waals surface area contributed by atoms with Crippen LogP contribution in [0, 0.1) is 0 Å². The summed E-state index contributed by atoms with van der Waals surface area (Å²) in [5.41, 5.74) is -0.669. The molecule has 0 spiro atoms. The van der Waals surface area contributed by atoms with Crippen molar-refractivity contribution in [1.82, 2.24) is 9.97 Å². The first-order chi connectivity index (χ1) is 9.43. The summed E-state index contributed by atoms with van der Waals surface area (Å²) in [6.07, 6.45) is 0.382. The summed E-state index contributed by atoms with van der Waals surface area (Å²) in [4.78, 5) is 40.7. The van der Waals surface area contributed by atoms with Gasteiger partial charge in [-0.2, -0.15) is 0 Å². The molecule has 0 saturated heterocycles. The first-order valence-electron chi connectivity index (χ1n) is 5.58. The molecule has 2 rings (SSSR count). The maximum absolute atomic E-state index is 11.9. The van der Waals surface area contributed by atoms with Crippen LogP contribution in [-0.4, -0.2) is 37.4 Å². The van der Waals surface area contributed by atoms with Gasteiger partial charge in [0.15, 0.2) is 5.16 Å². The molecule has 2 aromatic rings. The summed E-state index contributed by atoms with van der Waals surface area (Å²) < 4.78 is 0. The Balaban J connectivity index is 2.47. The van der Waals surface area contributed by atoms with Crippen molar-refractivity contribution in [2.75, 3.05) is 0 Å². The zero-order chi connectivity index (χ0) is 14.9. The van der Waals surface area contributed by atoms with Gasteiger partial charge >= 0.3 is 11.9 Å². The summed E-state index contributed by atoms with van der Waals surface area (Å²) in [5, 5.41) is 18.8. The van der Waals surface area contributed by atoms with Crippen molar-refractivity contribution < 1.29 is 19.8 Å². The number of carboxylic acid groups (broad SMARTS) is 2. The Morgan fingerprint density at radius 3 is 2.75 bits per heavy atom. The SMILES string of the molecule is CCC(Sc1nc2scc(C(=O)O)c2c(=O)[nH]1)C(=O)O. The summed E-state index contributed by atoms with van der Waals surface area (Å²) in [7, 11) is 0. The van der Waals surface area contributed by atoms with E-state index >= 15 is 0 Å². The smallest absolute Gasteiger partial charge is 0.337 e. The van der Waals surface area contributed by atoms with E-state index < -0.39 is 22.7 Å². The number of fused-ring (bicyclic) bond motifs is 1. The minimum Gasteiger partial charge on any atom is -0.480 e. The van der Waals surface area contributed by atoms with Gasteiger partial charge in [-0.25, -0.2) is 9.78 Å². The molecule has 3 N–H and O–H groups in total. The topological polar surface area (TPSA) is 120 Å². The van der Waals surface area contributed by atoms with Gasteiger partial charge in [-0.15, -0.1) is 11.3 Å². The van der Waals surface area contributed by atoms with E-state index in [2.05, 4.69) is 9.97 Å². The number of carboxylic acids is 2. The number of aromatic amines is 1. The zero-order valence-electron chi connectivity index (χ0n) is 10.2. The predicted molar refractivity (Wildman–Crippen MR) is 74.8 cm³/mol. The Hall–Kier alpha value is -1.87. The molecule has 20 heavy (non-hydrogen) atoms. The third kappa shape index (κ3) is 2.68. The lowest BCUT2D eigenvalue weighted by atomic mass is 10.2. The fraction of sp³-hybridized carbons (Fsp3) is 0.273. The minimum absolute atomic E-state index is 0.0234. The second-order valence-electron chi connectivity index (χ2n) is 3.86. The minimum atomic E-state index is -1.19. The van der Waals surface area contributed by atoms with Crippen LogP contribution in [0.15, 0.2) is 15.3 Å². The quantitative estimate of drug-likeness (QED) is 0.566. The molecule has 0 radical (unpaired) electrons. The van der Waals surface area contributed by atoms with Crippen molar-refractivity contribution in [1.29, 1.82) is 0 Å². The maximum Gasteiger partial charge on any atom is 0.337 e. The van der Waals surface area contributed by atoms with Crippen LogP contribution >= 0.6 is 23.1 Å². The number of nitrogens with one attached hydrogen (secondary N) is 1. The molecular weight excluding hydrogens is 304 g/mol. The largest absolute Gasteiger partial charge is 0.480 e. The van der Waals surface area contributed by atoms with Crippen molar-refractivity contribution >= 4 is 45.3 Å². The summed E-state index contributed by atoms with van der Waals surface area (Å²) >= 11 is 1.98. The Morgan fingerprint density at radius 1 is 1.50 bits per heavy atom. The third-order valence-electron chi connectivity index (χ3n) is 2.55. The number of thioether (sulfide) groups is 1. The van der Waals surface area contributed by atoms with E-state index in [1.807, 2.05) is 0 Å². The summed E-state index contributed by atoms with van der Waals surface area (Å²) in [6, 6.07) is 0. The van der Waals surface area contributed by atoms with E-state index in [1.54, 1.807) is 6.92 Å². The number of rotatable bonds is 5. The van der Waals surface area contributed by atoms with Crippen molar-refractivity contribution in [2.45, 2.75) is 23.8 Å². The average Bonchev–Trinajstić information content (AvgIpc) is 2.80. The molecule has 2 aromatic heterocycles. The van der Waals surface area contributed by atoms with Crippen LogP contribution in [0.3, 0.4) is 0 Å². The highest BCUT2D eigenvalue weighted by atomic mass is 32.2. The molecule has 7 nitrogen and oxygen atoms in total. The van der Waals surface area contributed by atoms with Crippen molar-refractivity contribution in [3.63, 3.8) is 0 Å². The van der Waals surface area contributed by atoms with Gasteiger partial charge < -0.3 is 15.2 Å². The van der Waals surface area contributed by atoms with Gasteiger partial charge in [0.2, 0.25) is 0 Å². The fourth-order valence-corrected chi connectivity index (χ4v) is 3.39. The lowest BCUT2D eigenvalue weighted by Gasteiger charge is -2.07. The van der Waals surface area contributed by atoms with E-state index in [4.69, 9.17) is 10.2 Å². The van der Waals surface area contributed by atoms with Crippen molar-refractivity contribution in [3.05, 3.63) is 21.3 Å². The lowest BCUT2D eigenvalue weighted by Crippen LogP contribution is -2.17. The maximum atomic E-state index is 11.9. The highest BCUT2D eigenvalue weighted by Crippen LogP contribution is 2.26. The number of thiophene rings is 1. The second kappa shape index (κ2) is 5.63. The van der Waals surface area contributed by atoms with Crippen LogP contribution in [0.2, 0.25) is 0 Å². The number of aromatic nitrogens is 2. The van der Waals surface area contributed by atoms with Crippen LogP contribution in [-0.2, 0) is 4.79 Å². The van der Waals surface area contributed by atoms with Gasteiger partial charge in [-0.1, -0.05) is 18.7 Å². The predicted octanol–water partition coefficient (Wildman–Crippen LogP) is 1.64. The number of hydrogen-bond acceptors (Lipinski definition) is 6. The number of aromatic carboxylic acids is 1. The molecule has 0 fully saturated rings. The average molecular weight is 314 g/mol. The molecule has 0 bridgehead atoms. The lowest BCUT2D eigenvalue weighted by molar-refractivity contribution is -0.136. The van der Waals surface area contributed by atoms with E-state index in [1.165, 1.54) is 5.38 Å². The molecule has 0 aliphatic heterocycles. The zero-order valence-corrected chi connectivity index (χ0v) is 11.9. The third-order valence-corrected chi connectivity index (χ3v) is 4.66. The van der Waals surface area contributed by atoms with Crippen LogP contribution in [0.1, 0.15) is 23.7 Å². The second-order valence-corrected chi connectivity index (χ2v) is 5.91. The van der Waals surface area contributed by atoms with Crippen molar-refractivity contribution in [2.24, 2.45) is 0 Å². The molecular formula is C11H10N2O5S2. The van der Waals surface area contributed by atoms with Gasteiger partial charge in [0.05, 0.1) is 10.9 Å². The molecule has 0 aromatic carbocycles. The highest BCUT2D eigenvalue weighted by Gasteiger charge is 2.20. The normalized spacial score (nSPS) is 12.4. The number of aliphatic carboxylic acids is 1. The first kappa shape index (κ1) is 14.5. The van der Waals surface area contributed by atoms with E-state index in [-0.39, 0.29) is 20.9 Å². The van der Waals surface area contributed by atoms with Gasteiger partial charge in [0.1, 0.15) is 10.1 Å². The Labute approximate surface area is 120 Å². The Morgan fingerprint density at radius 2 is 2.20 bits per heavy atom. The van der Waals surface area contributed by atoms with Gasteiger partial charge in [-0.05, 0) is 6.42 Å². The number of nitrogens with zero attached hydrogens (tertiary/aromatic N) is 1. The van der Waals surface area contributed by atoms with Crippen LogP contribution < -0.4 is 5.56 Å². The number of hydrogen-bond donors (Lipinski definition) is 3. The molecule has 1 atom stereocenters. The molecule has 0 aliphatic carbocycles. The van der Waals surface area contributed by atoms with Crippen molar-refractivity contribution in [3.8, 4) is 0 Å².